The van der Waals surface area contributed by atoms with E-state index in [1.54, 1.807) is 4.68 Å². The number of hydrogen-bond acceptors (Lipinski definition) is 3. The molecule has 3 heterocycles. The molecule has 5 rings (SSSR count). The minimum atomic E-state index is -0.129. The molecule has 5 aromatic rings. The number of hydrogen-bond donors (Lipinski definition) is 2. The highest BCUT2D eigenvalue weighted by Crippen LogP contribution is 2.28. The van der Waals surface area contributed by atoms with Gasteiger partial charge in [-0.3, -0.25) is 4.79 Å². The van der Waals surface area contributed by atoms with Crippen molar-refractivity contribution < 1.29 is 4.79 Å². The van der Waals surface area contributed by atoms with Gasteiger partial charge in [0.2, 0.25) is 0 Å². The second-order valence-corrected chi connectivity index (χ2v) is 8.66. The molecule has 0 radical (unpaired) electrons. The van der Waals surface area contributed by atoms with E-state index in [4.69, 9.17) is 21.7 Å². The number of benzene rings is 2. The van der Waals surface area contributed by atoms with Gasteiger partial charge in [-0.2, -0.15) is 5.10 Å². The molecule has 0 aliphatic carbocycles. The maximum atomic E-state index is 13.2. The van der Waals surface area contributed by atoms with Gasteiger partial charge in [-0.25, -0.2) is 9.67 Å². The number of carbonyl (C=O) groups is 1. The molecule has 166 valence electrons. The van der Waals surface area contributed by atoms with Crippen LogP contribution >= 0.6 is 11.6 Å². The third kappa shape index (κ3) is 3.76. The monoisotopic (exact) mass is 457 g/mol. The molecule has 0 bridgehead atoms. The normalized spacial score (nSPS) is 11.4. The van der Waals surface area contributed by atoms with E-state index in [0.29, 0.717) is 22.8 Å². The summed E-state index contributed by atoms with van der Waals surface area (Å²) >= 11 is 6.34. The average Bonchev–Trinajstić information content (AvgIpc) is 3.36. The smallest absolute Gasteiger partial charge is 0.252 e. The standard InChI is InChI=1S/C26H24ClN5O/c1-15-13-20(26(33)28-12-11-18-14-29-22-9-5-4-7-19(18)22)24-17(3)31-32(25(24)30-15)23-10-6-8-21(27)16(23)2/h4-10,13-14,29H,11-12H2,1-3H3,(H,28,33). The molecule has 0 atom stereocenters. The van der Waals surface area contributed by atoms with Crippen LogP contribution in [0.2, 0.25) is 5.02 Å². The Bertz CT molecular complexity index is 1510. The van der Waals surface area contributed by atoms with Crippen LogP contribution in [0.15, 0.2) is 54.7 Å². The van der Waals surface area contributed by atoms with Crippen molar-refractivity contribution in [2.24, 2.45) is 0 Å². The summed E-state index contributed by atoms with van der Waals surface area (Å²) in [6.45, 7) is 6.27. The Balaban J connectivity index is 1.46. The highest BCUT2D eigenvalue weighted by atomic mass is 35.5. The molecule has 6 nitrogen and oxygen atoms in total. The number of H-pyrrole nitrogens is 1. The molecule has 33 heavy (non-hydrogen) atoms. The van der Waals surface area contributed by atoms with Gasteiger partial charge in [0, 0.05) is 34.4 Å². The molecule has 3 aromatic heterocycles. The van der Waals surface area contributed by atoms with E-state index in [2.05, 4.69) is 22.4 Å². The van der Waals surface area contributed by atoms with Gasteiger partial charge in [0.1, 0.15) is 0 Å². The highest BCUT2D eigenvalue weighted by molar-refractivity contribution is 6.31. The van der Waals surface area contributed by atoms with E-state index in [-0.39, 0.29) is 5.91 Å². The third-order valence-corrected chi connectivity index (χ3v) is 6.42. The van der Waals surface area contributed by atoms with Crippen LogP contribution < -0.4 is 5.32 Å². The summed E-state index contributed by atoms with van der Waals surface area (Å²) in [4.78, 5) is 21.2. The van der Waals surface area contributed by atoms with Crippen LogP contribution in [0.4, 0.5) is 0 Å². The summed E-state index contributed by atoms with van der Waals surface area (Å²) in [6, 6.07) is 15.7. The zero-order chi connectivity index (χ0) is 23.1. The van der Waals surface area contributed by atoms with Gasteiger partial charge in [-0.15, -0.1) is 0 Å². The van der Waals surface area contributed by atoms with Crippen LogP contribution in [0, 0.1) is 20.8 Å². The lowest BCUT2D eigenvalue weighted by Gasteiger charge is -2.10. The first-order valence-corrected chi connectivity index (χ1v) is 11.3. The molecule has 1 amide bonds. The van der Waals surface area contributed by atoms with Gasteiger partial charge in [0.15, 0.2) is 5.65 Å². The van der Waals surface area contributed by atoms with Gasteiger partial charge >= 0.3 is 0 Å². The summed E-state index contributed by atoms with van der Waals surface area (Å²) in [5.74, 6) is -0.129. The fraction of sp³-hybridized carbons (Fsp3) is 0.192. The number of pyridine rings is 1. The number of carbonyl (C=O) groups excluding carboxylic acids is 1. The summed E-state index contributed by atoms with van der Waals surface area (Å²) in [6.07, 6.45) is 2.75. The Labute approximate surface area is 196 Å². The van der Waals surface area contributed by atoms with Crippen LogP contribution in [0.5, 0.6) is 0 Å². The van der Waals surface area contributed by atoms with Crippen molar-refractivity contribution in [3.05, 3.63) is 87.8 Å². The molecule has 7 heteroatoms. The van der Waals surface area contributed by atoms with Crippen molar-refractivity contribution >= 4 is 39.4 Å². The number of fused-ring (bicyclic) bond motifs is 2. The number of aromatic nitrogens is 4. The quantitative estimate of drug-likeness (QED) is 0.368. The van der Waals surface area contributed by atoms with Crippen molar-refractivity contribution in [1.29, 1.82) is 0 Å². The van der Waals surface area contributed by atoms with E-state index in [1.807, 2.05) is 63.4 Å². The Morgan fingerprint density at radius 2 is 1.94 bits per heavy atom. The highest BCUT2D eigenvalue weighted by Gasteiger charge is 2.20. The molecule has 0 aliphatic heterocycles. The molecule has 2 N–H and O–H groups in total. The first-order valence-electron chi connectivity index (χ1n) is 10.9. The number of rotatable bonds is 5. The van der Waals surface area contributed by atoms with E-state index in [0.717, 1.165) is 40.0 Å². The third-order valence-electron chi connectivity index (χ3n) is 6.01. The predicted octanol–water partition coefficient (Wildman–Crippen LogP) is 5.45. The van der Waals surface area contributed by atoms with Crippen LogP contribution in [0.25, 0.3) is 27.6 Å². The van der Waals surface area contributed by atoms with Crippen molar-refractivity contribution in [3.63, 3.8) is 0 Å². The van der Waals surface area contributed by atoms with E-state index >= 15 is 0 Å². The van der Waals surface area contributed by atoms with Crippen molar-refractivity contribution in [1.82, 2.24) is 25.1 Å². The lowest BCUT2D eigenvalue weighted by Crippen LogP contribution is -2.26. The summed E-state index contributed by atoms with van der Waals surface area (Å²) in [5, 5.41) is 10.4. The van der Waals surface area contributed by atoms with Crippen molar-refractivity contribution in [2.75, 3.05) is 6.54 Å². The molecule has 0 unspecified atom stereocenters. The Morgan fingerprint density at radius 1 is 1.12 bits per heavy atom. The number of para-hydroxylation sites is 1. The molecule has 0 aliphatic rings. The minimum absolute atomic E-state index is 0.129. The first-order chi connectivity index (χ1) is 15.9. The first kappa shape index (κ1) is 21.2. The summed E-state index contributed by atoms with van der Waals surface area (Å²) in [5.41, 5.74) is 6.79. The van der Waals surface area contributed by atoms with E-state index < -0.39 is 0 Å². The van der Waals surface area contributed by atoms with Gasteiger partial charge in [0.05, 0.1) is 22.3 Å². The van der Waals surface area contributed by atoms with Gasteiger partial charge in [-0.1, -0.05) is 35.9 Å². The Hall–Kier alpha value is -3.64. The SMILES string of the molecule is Cc1cc(C(=O)NCCc2c[nH]c3ccccc23)c2c(C)nn(-c3cccc(Cl)c3C)c2n1. The molecule has 0 fully saturated rings. The molecule has 0 spiro atoms. The van der Waals surface area contributed by atoms with Crippen molar-refractivity contribution in [3.8, 4) is 5.69 Å². The lowest BCUT2D eigenvalue weighted by molar-refractivity contribution is 0.0955. The molecular formula is C26H24ClN5O. The Morgan fingerprint density at radius 3 is 2.79 bits per heavy atom. The molecule has 0 saturated carbocycles. The number of aromatic amines is 1. The number of nitrogens with zero attached hydrogens (tertiary/aromatic N) is 3. The number of amides is 1. The number of halogens is 1. The molecule has 2 aromatic carbocycles. The molecule has 0 saturated heterocycles. The Kier molecular flexibility index (Phi) is 5.38. The fourth-order valence-electron chi connectivity index (χ4n) is 4.33. The molecular weight excluding hydrogens is 434 g/mol. The summed E-state index contributed by atoms with van der Waals surface area (Å²) < 4.78 is 1.78. The largest absolute Gasteiger partial charge is 0.361 e. The topological polar surface area (TPSA) is 75.6 Å². The van der Waals surface area contributed by atoms with Gasteiger partial charge in [0.25, 0.3) is 5.91 Å². The lowest BCUT2D eigenvalue weighted by atomic mass is 10.1. The second kappa shape index (κ2) is 8.37. The maximum absolute atomic E-state index is 13.2. The minimum Gasteiger partial charge on any atom is -0.361 e. The van der Waals surface area contributed by atoms with Crippen molar-refractivity contribution in [2.45, 2.75) is 27.2 Å². The van der Waals surface area contributed by atoms with E-state index in [1.165, 1.54) is 10.9 Å². The van der Waals surface area contributed by atoms with Crippen LogP contribution in [-0.2, 0) is 6.42 Å². The average molecular weight is 458 g/mol. The zero-order valence-corrected chi connectivity index (χ0v) is 19.5. The number of aryl methyl sites for hydroxylation is 2. The van der Waals surface area contributed by atoms with Crippen LogP contribution in [0.3, 0.4) is 0 Å². The second-order valence-electron chi connectivity index (χ2n) is 8.26. The van der Waals surface area contributed by atoms with Gasteiger partial charge < -0.3 is 10.3 Å². The fourth-order valence-corrected chi connectivity index (χ4v) is 4.50. The summed E-state index contributed by atoms with van der Waals surface area (Å²) in [7, 11) is 0. The predicted molar refractivity (Wildman–Crippen MR) is 132 cm³/mol. The van der Waals surface area contributed by atoms with Crippen LogP contribution in [-0.4, -0.2) is 32.2 Å². The van der Waals surface area contributed by atoms with Gasteiger partial charge in [-0.05, 0) is 62.6 Å². The van der Waals surface area contributed by atoms with Crippen LogP contribution in [0.1, 0.15) is 32.9 Å². The zero-order valence-electron chi connectivity index (χ0n) is 18.7. The number of nitrogens with one attached hydrogen (secondary N) is 2. The van der Waals surface area contributed by atoms with E-state index in [9.17, 15) is 4.79 Å². The maximum Gasteiger partial charge on any atom is 0.252 e.